The van der Waals surface area contributed by atoms with Gasteiger partial charge in [-0.05, 0) is 56.2 Å². The Balaban J connectivity index is 1.77. The third-order valence-electron chi connectivity index (χ3n) is 5.13. The second kappa shape index (κ2) is 9.81. The lowest BCUT2D eigenvalue weighted by Crippen LogP contribution is -2.36. The number of ether oxygens (including phenoxy) is 1. The van der Waals surface area contributed by atoms with E-state index in [0.717, 1.165) is 19.3 Å². The van der Waals surface area contributed by atoms with E-state index in [1.54, 1.807) is 43.3 Å². The number of nitrogens with one attached hydrogen (secondary N) is 2. The number of carbonyl (C=O) groups excluding carboxylic acids is 1. The van der Waals surface area contributed by atoms with Crippen LogP contribution in [0.2, 0.25) is 0 Å². The van der Waals surface area contributed by atoms with Crippen LogP contribution in [0.1, 0.15) is 31.7 Å². The Labute approximate surface area is 182 Å². The van der Waals surface area contributed by atoms with Gasteiger partial charge in [-0.1, -0.05) is 12.5 Å². The zero-order valence-corrected chi connectivity index (χ0v) is 18.4. The van der Waals surface area contributed by atoms with Gasteiger partial charge in [0.25, 0.3) is 0 Å². The normalized spacial score (nSPS) is 15.5. The maximum Gasteiger partial charge on any atom is 0.246 e. The van der Waals surface area contributed by atoms with E-state index in [1.165, 1.54) is 17.5 Å². The molecule has 2 aromatic rings. The van der Waals surface area contributed by atoms with Crippen molar-refractivity contribution < 1.29 is 17.9 Å². The van der Waals surface area contributed by atoms with Crippen molar-refractivity contribution in [1.82, 2.24) is 4.31 Å². The molecule has 1 atom stereocenters. The molecule has 31 heavy (non-hydrogen) atoms. The Morgan fingerprint density at radius 2 is 1.87 bits per heavy atom. The van der Waals surface area contributed by atoms with Crippen molar-refractivity contribution in [2.45, 2.75) is 37.1 Å². The van der Waals surface area contributed by atoms with E-state index in [9.17, 15) is 13.2 Å². The maximum atomic E-state index is 13.2. The van der Waals surface area contributed by atoms with Crippen LogP contribution in [0.25, 0.3) is 0 Å². The molecule has 3 rings (SSSR count). The summed E-state index contributed by atoms with van der Waals surface area (Å²) in [5.41, 5.74) is 1.45. The molecular weight excluding hydrogens is 416 g/mol. The quantitative estimate of drug-likeness (QED) is 0.681. The number of piperidine rings is 1. The standard InChI is InChI=1S/C22H26N4O4S/c1-16(22(27)25-18-8-6-7-17(13-18)15-23)24-19-9-10-20(30-2)21(14-19)31(28,29)26-11-4-3-5-12-26/h6-10,13-14,16,24H,3-5,11-12H2,1-2H3,(H,25,27)/t16-/m1/s1. The lowest BCUT2D eigenvalue weighted by molar-refractivity contribution is -0.116. The van der Waals surface area contributed by atoms with Crippen LogP contribution in [-0.2, 0) is 14.8 Å². The van der Waals surface area contributed by atoms with Gasteiger partial charge in [0.05, 0.1) is 18.7 Å². The number of nitrogens with zero attached hydrogens (tertiary/aromatic N) is 2. The van der Waals surface area contributed by atoms with E-state index in [-0.39, 0.29) is 16.6 Å². The molecule has 8 nitrogen and oxygen atoms in total. The van der Waals surface area contributed by atoms with E-state index in [4.69, 9.17) is 10.00 Å². The number of methoxy groups -OCH3 is 1. The van der Waals surface area contributed by atoms with E-state index >= 15 is 0 Å². The lowest BCUT2D eigenvalue weighted by atomic mass is 10.2. The van der Waals surface area contributed by atoms with Gasteiger partial charge < -0.3 is 15.4 Å². The summed E-state index contributed by atoms with van der Waals surface area (Å²) in [4.78, 5) is 12.6. The van der Waals surface area contributed by atoms with Crippen LogP contribution in [-0.4, -0.2) is 44.9 Å². The van der Waals surface area contributed by atoms with Crippen molar-refractivity contribution >= 4 is 27.3 Å². The smallest absolute Gasteiger partial charge is 0.246 e. The second-order valence-electron chi connectivity index (χ2n) is 7.38. The number of hydrogen-bond donors (Lipinski definition) is 2. The molecule has 0 bridgehead atoms. The predicted molar refractivity (Wildman–Crippen MR) is 118 cm³/mol. The van der Waals surface area contributed by atoms with Gasteiger partial charge in [-0.15, -0.1) is 0 Å². The zero-order chi connectivity index (χ0) is 22.4. The Hall–Kier alpha value is -3.09. The number of nitriles is 1. The minimum absolute atomic E-state index is 0.0798. The molecule has 0 aromatic heterocycles. The topological polar surface area (TPSA) is 112 Å². The van der Waals surface area contributed by atoms with Crippen LogP contribution in [0.5, 0.6) is 5.75 Å². The van der Waals surface area contributed by atoms with Gasteiger partial charge in [0.15, 0.2) is 0 Å². The molecule has 1 amide bonds. The first-order chi connectivity index (χ1) is 14.8. The summed E-state index contributed by atoms with van der Waals surface area (Å²) in [6.45, 7) is 2.65. The molecular formula is C22H26N4O4S. The Morgan fingerprint density at radius 1 is 1.13 bits per heavy atom. The predicted octanol–water partition coefficient (Wildman–Crippen LogP) is 3.18. The first-order valence-corrected chi connectivity index (χ1v) is 11.5. The summed E-state index contributed by atoms with van der Waals surface area (Å²) in [6, 6.07) is 12.8. The van der Waals surface area contributed by atoms with Gasteiger partial charge in [0.1, 0.15) is 16.7 Å². The number of benzene rings is 2. The Morgan fingerprint density at radius 3 is 2.55 bits per heavy atom. The number of sulfonamides is 1. The van der Waals surface area contributed by atoms with Crippen molar-refractivity contribution in [2.24, 2.45) is 0 Å². The largest absolute Gasteiger partial charge is 0.495 e. The number of anilines is 2. The fourth-order valence-corrected chi connectivity index (χ4v) is 5.14. The molecule has 1 aliphatic heterocycles. The number of carbonyl (C=O) groups is 1. The van der Waals surface area contributed by atoms with E-state index in [1.807, 2.05) is 6.07 Å². The van der Waals surface area contributed by atoms with Gasteiger partial charge in [-0.2, -0.15) is 9.57 Å². The fraction of sp³-hybridized carbons (Fsp3) is 0.364. The molecule has 0 radical (unpaired) electrons. The molecule has 0 saturated carbocycles. The summed E-state index contributed by atoms with van der Waals surface area (Å²) in [7, 11) is -2.27. The number of amides is 1. The Kier molecular flexibility index (Phi) is 7.15. The molecule has 0 aliphatic carbocycles. The summed E-state index contributed by atoms with van der Waals surface area (Å²) >= 11 is 0. The fourth-order valence-electron chi connectivity index (χ4n) is 3.44. The van der Waals surface area contributed by atoms with Crippen molar-refractivity contribution in [3.05, 3.63) is 48.0 Å². The minimum Gasteiger partial charge on any atom is -0.495 e. The summed E-state index contributed by atoms with van der Waals surface area (Å²) in [5.74, 6) is -0.0482. The van der Waals surface area contributed by atoms with E-state index in [0.29, 0.717) is 30.0 Å². The highest BCUT2D eigenvalue weighted by Gasteiger charge is 2.29. The SMILES string of the molecule is COc1ccc(N[C@H](C)C(=O)Nc2cccc(C#N)c2)cc1S(=O)(=O)N1CCCCC1. The van der Waals surface area contributed by atoms with Crippen LogP contribution >= 0.6 is 0 Å². The summed E-state index contributed by atoms with van der Waals surface area (Å²) < 4.78 is 33.1. The van der Waals surface area contributed by atoms with Crippen LogP contribution in [0, 0.1) is 11.3 Å². The summed E-state index contributed by atoms with van der Waals surface area (Å²) in [5, 5.41) is 14.8. The van der Waals surface area contributed by atoms with Crippen molar-refractivity contribution in [3.63, 3.8) is 0 Å². The highest BCUT2D eigenvalue weighted by atomic mass is 32.2. The first-order valence-electron chi connectivity index (χ1n) is 10.1. The van der Waals surface area contributed by atoms with E-state index < -0.39 is 16.1 Å². The minimum atomic E-state index is -3.70. The third-order valence-corrected chi connectivity index (χ3v) is 7.05. The molecule has 1 fully saturated rings. The Bertz CT molecular complexity index is 1090. The van der Waals surface area contributed by atoms with Crippen molar-refractivity contribution in [3.8, 4) is 11.8 Å². The van der Waals surface area contributed by atoms with Crippen LogP contribution in [0.3, 0.4) is 0 Å². The van der Waals surface area contributed by atoms with Crippen LogP contribution < -0.4 is 15.4 Å². The molecule has 9 heteroatoms. The van der Waals surface area contributed by atoms with Gasteiger partial charge >= 0.3 is 0 Å². The molecule has 2 aromatic carbocycles. The monoisotopic (exact) mass is 442 g/mol. The van der Waals surface area contributed by atoms with Gasteiger partial charge in [-0.25, -0.2) is 8.42 Å². The molecule has 2 N–H and O–H groups in total. The molecule has 1 aliphatic rings. The van der Waals surface area contributed by atoms with Gasteiger partial charge in [-0.3, -0.25) is 4.79 Å². The maximum absolute atomic E-state index is 13.2. The zero-order valence-electron chi connectivity index (χ0n) is 17.6. The van der Waals surface area contributed by atoms with Crippen LogP contribution in [0.15, 0.2) is 47.4 Å². The highest BCUT2D eigenvalue weighted by Crippen LogP contribution is 2.31. The molecule has 1 saturated heterocycles. The van der Waals surface area contributed by atoms with Gasteiger partial charge in [0.2, 0.25) is 15.9 Å². The van der Waals surface area contributed by atoms with Crippen LogP contribution in [0.4, 0.5) is 11.4 Å². The highest BCUT2D eigenvalue weighted by molar-refractivity contribution is 7.89. The van der Waals surface area contributed by atoms with Crippen molar-refractivity contribution in [2.75, 3.05) is 30.8 Å². The first kappa shape index (κ1) is 22.6. The number of rotatable bonds is 7. The molecule has 164 valence electrons. The number of hydrogen-bond acceptors (Lipinski definition) is 6. The molecule has 1 heterocycles. The van der Waals surface area contributed by atoms with E-state index in [2.05, 4.69) is 10.6 Å². The molecule has 0 unspecified atom stereocenters. The summed E-state index contributed by atoms with van der Waals surface area (Å²) in [6.07, 6.45) is 2.70. The average molecular weight is 443 g/mol. The lowest BCUT2D eigenvalue weighted by Gasteiger charge is -2.27. The van der Waals surface area contributed by atoms with Gasteiger partial charge in [0, 0.05) is 24.5 Å². The van der Waals surface area contributed by atoms with Crippen molar-refractivity contribution in [1.29, 1.82) is 5.26 Å². The third kappa shape index (κ3) is 5.34. The average Bonchev–Trinajstić information content (AvgIpc) is 2.79. The molecule has 0 spiro atoms. The second-order valence-corrected chi connectivity index (χ2v) is 9.28.